The predicted octanol–water partition coefficient (Wildman–Crippen LogP) is 2.46. The third-order valence-electron chi connectivity index (χ3n) is 3.93. The lowest BCUT2D eigenvalue weighted by molar-refractivity contribution is -0.145. The van der Waals surface area contributed by atoms with Gasteiger partial charge in [-0.1, -0.05) is 30.3 Å². The molecule has 2 rings (SSSR count). The molecule has 1 saturated heterocycles. The summed E-state index contributed by atoms with van der Waals surface area (Å²) in [6.07, 6.45) is -1.01. The zero-order valence-electron chi connectivity index (χ0n) is 16.1. The first-order valence-electron chi connectivity index (χ1n) is 8.74. The molecule has 1 aromatic rings. The predicted molar refractivity (Wildman–Crippen MR) is 96.9 cm³/mol. The Bertz CT molecular complexity index is 671. The topological polar surface area (TPSA) is 94.2 Å². The Morgan fingerprint density at radius 2 is 1.85 bits per heavy atom. The fraction of sp³-hybridized carbons (Fsp3) is 0.526. The average molecular weight is 378 g/mol. The molecule has 8 nitrogen and oxygen atoms in total. The quantitative estimate of drug-likeness (QED) is 0.639. The molecule has 2 amide bonds. The van der Waals surface area contributed by atoms with Crippen LogP contribution in [-0.4, -0.2) is 54.4 Å². The molecule has 0 radical (unpaired) electrons. The number of nitrogens with zero attached hydrogens (tertiary/aromatic N) is 1. The molecule has 2 atom stereocenters. The maximum Gasteiger partial charge on any atom is 0.410 e. The summed E-state index contributed by atoms with van der Waals surface area (Å²) in [5, 5.41) is 2.68. The van der Waals surface area contributed by atoms with Crippen LogP contribution in [0.15, 0.2) is 30.3 Å². The maximum absolute atomic E-state index is 12.5. The van der Waals surface area contributed by atoms with Crippen LogP contribution in [0.4, 0.5) is 9.59 Å². The number of amides is 2. The molecule has 0 aromatic heterocycles. The second-order valence-electron chi connectivity index (χ2n) is 7.31. The zero-order valence-corrected chi connectivity index (χ0v) is 16.1. The molecule has 1 aliphatic rings. The van der Waals surface area contributed by atoms with Crippen molar-refractivity contribution in [2.75, 3.05) is 13.7 Å². The smallest absolute Gasteiger partial charge is 0.410 e. The van der Waals surface area contributed by atoms with E-state index in [0.29, 0.717) is 0 Å². The molecule has 1 aliphatic heterocycles. The number of rotatable bonds is 4. The van der Waals surface area contributed by atoms with Crippen LogP contribution < -0.4 is 5.32 Å². The molecule has 0 bridgehead atoms. The third kappa shape index (κ3) is 6.16. The normalized spacial score (nSPS) is 19.3. The van der Waals surface area contributed by atoms with Crippen LogP contribution >= 0.6 is 0 Å². The molecule has 1 aromatic carbocycles. The molecule has 148 valence electrons. The lowest BCUT2D eigenvalue weighted by Gasteiger charge is -2.22. The first-order chi connectivity index (χ1) is 12.7. The third-order valence-corrected chi connectivity index (χ3v) is 3.93. The van der Waals surface area contributed by atoms with Crippen molar-refractivity contribution in [3.63, 3.8) is 0 Å². The van der Waals surface area contributed by atoms with Crippen molar-refractivity contribution in [3.8, 4) is 0 Å². The van der Waals surface area contributed by atoms with E-state index in [1.807, 2.05) is 30.3 Å². The van der Waals surface area contributed by atoms with Gasteiger partial charge >= 0.3 is 18.2 Å². The minimum atomic E-state index is -0.821. The van der Waals surface area contributed by atoms with Crippen LogP contribution in [0.1, 0.15) is 32.8 Å². The summed E-state index contributed by atoms with van der Waals surface area (Å²) in [7, 11) is 1.25. The zero-order chi connectivity index (χ0) is 20.0. The number of esters is 1. The first-order valence-corrected chi connectivity index (χ1v) is 8.74. The van der Waals surface area contributed by atoms with Crippen molar-refractivity contribution < 1.29 is 28.6 Å². The molecule has 1 heterocycles. The van der Waals surface area contributed by atoms with Crippen molar-refractivity contribution in [1.82, 2.24) is 10.2 Å². The van der Waals surface area contributed by atoms with Gasteiger partial charge in [-0.3, -0.25) is 4.90 Å². The molecule has 0 aliphatic carbocycles. The number of hydrogen-bond donors (Lipinski definition) is 1. The highest BCUT2D eigenvalue weighted by atomic mass is 16.6. The number of ether oxygens (including phenoxy) is 3. The largest absolute Gasteiger partial charge is 0.467 e. The van der Waals surface area contributed by atoms with E-state index >= 15 is 0 Å². The van der Waals surface area contributed by atoms with E-state index in [-0.39, 0.29) is 19.6 Å². The van der Waals surface area contributed by atoms with Crippen molar-refractivity contribution in [2.24, 2.45) is 0 Å². The second kappa shape index (κ2) is 8.75. The highest BCUT2D eigenvalue weighted by molar-refractivity contribution is 5.82. The minimum Gasteiger partial charge on any atom is -0.467 e. The van der Waals surface area contributed by atoms with Gasteiger partial charge in [0.15, 0.2) is 0 Å². The Balaban J connectivity index is 1.98. The maximum atomic E-state index is 12.5. The van der Waals surface area contributed by atoms with Crippen LogP contribution in [-0.2, 0) is 25.6 Å². The van der Waals surface area contributed by atoms with E-state index in [4.69, 9.17) is 14.2 Å². The molecule has 1 fully saturated rings. The summed E-state index contributed by atoms with van der Waals surface area (Å²) in [6.45, 7) is 5.49. The number of benzene rings is 1. The van der Waals surface area contributed by atoms with Crippen LogP contribution in [0, 0.1) is 0 Å². The van der Waals surface area contributed by atoms with Crippen LogP contribution in [0.5, 0.6) is 0 Å². The van der Waals surface area contributed by atoms with E-state index in [0.717, 1.165) is 5.56 Å². The van der Waals surface area contributed by atoms with Crippen LogP contribution in [0.3, 0.4) is 0 Å². The van der Waals surface area contributed by atoms with Crippen molar-refractivity contribution in [1.29, 1.82) is 0 Å². The number of carbonyl (C=O) groups excluding carboxylic acids is 3. The molecule has 0 spiro atoms. The van der Waals surface area contributed by atoms with Crippen molar-refractivity contribution in [2.45, 2.75) is 51.5 Å². The Morgan fingerprint density at radius 3 is 2.44 bits per heavy atom. The molecular weight excluding hydrogens is 352 g/mol. The van der Waals surface area contributed by atoms with Gasteiger partial charge in [0.25, 0.3) is 0 Å². The second-order valence-corrected chi connectivity index (χ2v) is 7.31. The van der Waals surface area contributed by atoms with Gasteiger partial charge in [-0.25, -0.2) is 14.4 Å². The van der Waals surface area contributed by atoms with E-state index in [1.165, 1.54) is 12.0 Å². The molecule has 1 unspecified atom stereocenters. The summed E-state index contributed by atoms with van der Waals surface area (Å²) in [4.78, 5) is 37.7. The fourth-order valence-electron chi connectivity index (χ4n) is 2.78. The Morgan fingerprint density at radius 1 is 1.19 bits per heavy atom. The van der Waals surface area contributed by atoms with Gasteiger partial charge in [-0.15, -0.1) is 0 Å². The number of methoxy groups -OCH3 is 1. The lowest BCUT2D eigenvalue weighted by Crippen LogP contribution is -2.42. The van der Waals surface area contributed by atoms with Gasteiger partial charge in [0, 0.05) is 13.0 Å². The van der Waals surface area contributed by atoms with Gasteiger partial charge in [-0.2, -0.15) is 0 Å². The number of nitrogens with one attached hydrogen (secondary N) is 1. The van der Waals surface area contributed by atoms with E-state index in [9.17, 15) is 14.4 Å². The van der Waals surface area contributed by atoms with E-state index in [1.54, 1.807) is 20.8 Å². The van der Waals surface area contributed by atoms with E-state index < -0.39 is 35.8 Å². The standard InChI is InChI=1S/C19H26N2O6/c1-19(2,3)27-17(23)20-14-10-15(16(22)25-4)21(11-14)18(24)26-12-13-8-6-5-7-9-13/h5-9,14-15H,10-12H2,1-4H3,(H,20,23)/t14-,15?/m1/s1. The monoisotopic (exact) mass is 378 g/mol. The number of alkyl carbamates (subject to hydrolysis) is 1. The molecule has 0 saturated carbocycles. The summed E-state index contributed by atoms with van der Waals surface area (Å²) in [6, 6.07) is 7.97. The number of likely N-dealkylation sites (tertiary alicyclic amines) is 1. The molecular formula is C19H26N2O6. The highest BCUT2D eigenvalue weighted by Gasteiger charge is 2.42. The van der Waals surface area contributed by atoms with Crippen molar-refractivity contribution >= 4 is 18.2 Å². The van der Waals surface area contributed by atoms with Gasteiger partial charge in [0.05, 0.1) is 13.2 Å². The van der Waals surface area contributed by atoms with Crippen molar-refractivity contribution in [3.05, 3.63) is 35.9 Å². The van der Waals surface area contributed by atoms with Gasteiger partial charge in [0.2, 0.25) is 0 Å². The minimum absolute atomic E-state index is 0.0915. The summed E-state index contributed by atoms with van der Waals surface area (Å²) in [5.74, 6) is -0.555. The summed E-state index contributed by atoms with van der Waals surface area (Å²) >= 11 is 0. The van der Waals surface area contributed by atoms with Gasteiger partial charge in [0.1, 0.15) is 18.2 Å². The average Bonchev–Trinajstić information content (AvgIpc) is 3.02. The van der Waals surface area contributed by atoms with Gasteiger partial charge in [-0.05, 0) is 26.3 Å². The summed E-state index contributed by atoms with van der Waals surface area (Å²) < 4.78 is 15.3. The first kappa shape index (κ1) is 20.5. The SMILES string of the molecule is COC(=O)C1C[C@@H](NC(=O)OC(C)(C)C)CN1C(=O)OCc1ccccc1. The lowest BCUT2D eigenvalue weighted by atomic mass is 10.2. The molecule has 27 heavy (non-hydrogen) atoms. The van der Waals surface area contributed by atoms with E-state index in [2.05, 4.69) is 5.32 Å². The molecule has 1 N–H and O–H groups in total. The van der Waals surface area contributed by atoms with Crippen LogP contribution in [0.2, 0.25) is 0 Å². The highest BCUT2D eigenvalue weighted by Crippen LogP contribution is 2.21. The number of carbonyl (C=O) groups is 3. The summed E-state index contributed by atoms with van der Waals surface area (Å²) in [5.41, 5.74) is 0.196. The fourth-order valence-corrected chi connectivity index (χ4v) is 2.78. The Hall–Kier alpha value is -2.77. The Labute approximate surface area is 158 Å². The number of hydrogen-bond acceptors (Lipinski definition) is 6. The molecule has 8 heteroatoms. The Kier molecular flexibility index (Phi) is 6.65. The van der Waals surface area contributed by atoms with Gasteiger partial charge < -0.3 is 19.5 Å². The van der Waals surface area contributed by atoms with Crippen LogP contribution in [0.25, 0.3) is 0 Å².